The number of para-hydroxylation sites is 2. The number of amides is 1. The van der Waals surface area contributed by atoms with Crippen LogP contribution in [-0.2, 0) is 0 Å². The van der Waals surface area contributed by atoms with Gasteiger partial charge in [0.15, 0.2) is 11.6 Å². The molecule has 2 aromatic heterocycles. The van der Waals surface area contributed by atoms with Gasteiger partial charge in [-0.15, -0.1) is 0 Å². The second-order valence-electron chi connectivity index (χ2n) is 5.77. The number of carbonyl (C=O) groups is 1. The molecule has 6 heteroatoms. The van der Waals surface area contributed by atoms with Crippen LogP contribution in [0.15, 0.2) is 65.2 Å². The smallest absolute Gasteiger partial charge is 0.292 e. The Labute approximate surface area is 149 Å². The molecule has 0 aliphatic rings. The number of aryl methyl sites for hydroxylation is 1. The fourth-order valence-corrected chi connectivity index (χ4v) is 2.87. The lowest BCUT2D eigenvalue weighted by molar-refractivity contribution is 0.0997. The summed E-state index contributed by atoms with van der Waals surface area (Å²) in [4.78, 5) is 12.8. The van der Waals surface area contributed by atoms with E-state index in [2.05, 4.69) is 16.5 Å². The van der Waals surface area contributed by atoms with E-state index >= 15 is 0 Å². The summed E-state index contributed by atoms with van der Waals surface area (Å²) in [6, 6.07) is 18.8. The standard InChI is InChI=1S/C20H14N4O2/c1-13-16-9-5-6-10-17(16)26-18(13)20(25)23-19-14(11-21)12-22-24(19)15-7-3-2-4-8-15/h2-10,12H,1H3,(H,23,25). The molecule has 4 aromatic rings. The Morgan fingerprint density at radius 3 is 2.62 bits per heavy atom. The molecular weight excluding hydrogens is 328 g/mol. The van der Waals surface area contributed by atoms with Crippen LogP contribution < -0.4 is 5.32 Å². The van der Waals surface area contributed by atoms with E-state index < -0.39 is 5.91 Å². The van der Waals surface area contributed by atoms with Crippen molar-refractivity contribution < 1.29 is 9.21 Å². The average Bonchev–Trinajstić information content (AvgIpc) is 3.24. The summed E-state index contributed by atoms with van der Waals surface area (Å²) in [5.74, 6) is 0.104. The summed E-state index contributed by atoms with van der Waals surface area (Å²) in [5.41, 5.74) is 2.41. The zero-order valence-electron chi connectivity index (χ0n) is 13.9. The van der Waals surface area contributed by atoms with Gasteiger partial charge in [0.1, 0.15) is 17.2 Å². The van der Waals surface area contributed by atoms with Crippen LogP contribution in [0.1, 0.15) is 21.7 Å². The van der Waals surface area contributed by atoms with Crippen molar-refractivity contribution in [3.8, 4) is 11.8 Å². The molecular formula is C20H14N4O2. The maximum atomic E-state index is 12.8. The van der Waals surface area contributed by atoms with Crippen LogP contribution in [0.25, 0.3) is 16.7 Å². The molecule has 0 radical (unpaired) electrons. The second kappa shape index (κ2) is 6.22. The summed E-state index contributed by atoms with van der Waals surface area (Å²) in [6.45, 7) is 1.83. The first-order valence-corrected chi connectivity index (χ1v) is 8.02. The Bertz CT molecular complexity index is 1150. The highest BCUT2D eigenvalue weighted by molar-refractivity contribution is 6.06. The molecule has 0 fully saturated rings. The minimum atomic E-state index is -0.423. The molecule has 4 rings (SSSR count). The van der Waals surface area contributed by atoms with Crippen LogP contribution in [-0.4, -0.2) is 15.7 Å². The second-order valence-corrected chi connectivity index (χ2v) is 5.77. The third-order valence-electron chi connectivity index (χ3n) is 4.17. The highest BCUT2D eigenvalue weighted by atomic mass is 16.3. The Hall–Kier alpha value is -3.85. The SMILES string of the molecule is Cc1c(C(=O)Nc2c(C#N)cnn2-c2ccccc2)oc2ccccc12. The van der Waals surface area contributed by atoms with Crippen molar-refractivity contribution >= 4 is 22.7 Å². The molecule has 0 atom stereocenters. The van der Waals surface area contributed by atoms with Crippen molar-refractivity contribution in [2.75, 3.05) is 5.32 Å². The Balaban J connectivity index is 1.75. The molecule has 1 N–H and O–H groups in total. The van der Waals surface area contributed by atoms with Crippen molar-refractivity contribution in [1.82, 2.24) is 9.78 Å². The number of nitriles is 1. The van der Waals surface area contributed by atoms with Crippen LogP contribution in [0.2, 0.25) is 0 Å². The molecule has 6 nitrogen and oxygen atoms in total. The first-order chi connectivity index (χ1) is 12.7. The topological polar surface area (TPSA) is 83.9 Å². The largest absolute Gasteiger partial charge is 0.451 e. The molecule has 26 heavy (non-hydrogen) atoms. The van der Waals surface area contributed by atoms with Crippen molar-refractivity contribution in [3.63, 3.8) is 0 Å². The predicted molar refractivity (Wildman–Crippen MR) is 97.2 cm³/mol. The number of hydrogen-bond acceptors (Lipinski definition) is 4. The Morgan fingerprint density at radius 1 is 1.15 bits per heavy atom. The number of nitrogens with one attached hydrogen (secondary N) is 1. The van der Waals surface area contributed by atoms with Gasteiger partial charge in [-0.1, -0.05) is 36.4 Å². The van der Waals surface area contributed by atoms with E-state index in [-0.39, 0.29) is 11.3 Å². The Kier molecular flexibility index (Phi) is 3.75. The molecule has 0 spiro atoms. The van der Waals surface area contributed by atoms with Gasteiger partial charge in [0, 0.05) is 10.9 Å². The minimum absolute atomic E-state index is 0.218. The zero-order chi connectivity index (χ0) is 18.1. The van der Waals surface area contributed by atoms with Gasteiger partial charge >= 0.3 is 0 Å². The molecule has 1 amide bonds. The quantitative estimate of drug-likeness (QED) is 0.609. The summed E-state index contributed by atoms with van der Waals surface area (Å²) in [6.07, 6.45) is 1.42. The number of carbonyl (C=O) groups excluding carboxylic acids is 1. The van der Waals surface area contributed by atoms with Gasteiger partial charge in [0.25, 0.3) is 5.91 Å². The molecule has 2 aromatic carbocycles. The number of nitrogens with zero attached hydrogens (tertiary/aromatic N) is 3. The molecule has 0 saturated heterocycles. The van der Waals surface area contributed by atoms with Gasteiger partial charge < -0.3 is 9.73 Å². The number of hydrogen-bond donors (Lipinski definition) is 1. The number of anilines is 1. The molecule has 126 valence electrons. The van der Waals surface area contributed by atoms with E-state index in [9.17, 15) is 10.1 Å². The molecule has 0 aliphatic carbocycles. The average molecular weight is 342 g/mol. The zero-order valence-corrected chi connectivity index (χ0v) is 13.9. The normalized spacial score (nSPS) is 10.6. The monoisotopic (exact) mass is 342 g/mol. The van der Waals surface area contributed by atoms with Crippen molar-refractivity contribution in [3.05, 3.63) is 77.7 Å². The predicted octanol–water partition coefficient (Wildman–Crippen LogP) is 4.05. The van der Waals surface area contributed by atoms with Gasteiger partial charge in [-0.05, 0) is 25.1 Å². The van der Waals surface area contributed by atoms with Crippen LogP contribution in [0.3, 0.4) is 0 Å². The lowest BCUT2D eigenvalue weighted by atomic mass is 10.1. The lowest BCUT2D eigenvalue weighted by Gasteiger charge is -2.09. The fraction of sp³-hybridized carbons (Fsp3) is 0.0500. The van der Waals surface area contributed by atoms with Gasteiger partial charge in [0.2, 0.25) is 0 Å². The molecule has 0 unspecified atom stereocenters. The molecule has 0 saturated carbocycles. The number of aromatic nitrogens is 2. The summed E-state index contributed by atoms with van der Waals surface area (Å²) in [5, 5.41) is 17.2. The first-order valence-electron chi connectivity index (χ1n) is 8.02. The van der Waals surface area contributed by atoms with Crippen LogP contribution >= 0.6 is 0 Å². The van der Waals surface area contributed by atoms with E-state index in [1.807, 2.05) is 61.5 Å². The highest BCUT2D eigenvalue weighted by Gasteiger charge is 2.21. The first kappa shape index (κ1) is 15.7. The van der Waals surface area contributed by atoms with Crippen molar-refractivity contribution in [1.29, 1.82) is 5.26 Å². The number of furan rings is 1. The molecule has 0 bridgehead atoms. The van der Waals surface area contributed by atoms with Crippen molar-refractivity contribution in [2.45, 2.75) is 6.92 Å². The lowest BCUT2D eigenvalue weighted by Crippen LogP contribution is -2.16. The van der Waals surface area contributed by atoms with E-state index in [0.717, 1.165) is 16.6 Å². The van der Waals surface area contributed by atoms with Crippen LogP contribution in [0.5, 0.6) is 0 Å². The number of benzene rings is 2. The Morgan fingerprint density at radius 2 is 1.88 bits per heavy atom. The van der Waals surface area contributed by atoms with Gasteiger partial charge in [-0.25, -0.2) is 4.68 Å². The number of rotatable bonds is 3. The molecule has 2 heterocycles. The molecule has 0 aliphatic heterocycles. The van der Waals surface area contributed by atoms with E-state index in [0.29, 0.717) is 11.4 Å². The third kappa shape index (κ3) is 2.52. The fourth-order valence-electron chi connectivity index (χ4n) is 2.87. The maximum Gasteiger partial charge on any atom is 0.292 e. The maximum absolute atomic E-state index is 12.8. The summed E-state index contributed by atoms with van der Waals surface area (Å²) in [7, 11) is 0. The minimum Gasteiger partial charge on any atom is -0.451 e. The van der Waals surface area contributed by atoms with Gasteiger partial charge in [-0.3, -0.25) is 4.79 Å². The van der Waals surface area contributed by atoms with E-state index in [1.54, 1.807) is 0 Å². The highest BCUT2D eigenvalue weighted by Crippen LogP contribution is 2.27. The third-order valence-corrected chi connectivity index (χ3v) is 4.17. The van der Waals surface area contributed by atoms with E-state index in [1.165, 1.54) is 10.9 Å². The van der Waals surface area contributed by atoms with Gasteiger partial charge in [0.05, 0.1) is 11.9 Å². The van der Waals surface area contributed by atoms with Crippen LogP contribution in [0.4, 0.5) is 5.82 Å². The van der Waals surface area contributed by atoms with Gasteiger partial charge in [-0.2, -0.15) is 10.4 Å². The van der Waals surface area contributed by atoms with E-state index in [4.69, 9.17) is 4.42 Å². The summed E-state index contributed by atoms with van der Waals surface area (Å²) >= 11 is 0. The van der Waals surface area contributed by atoms with Crippen molar-refractivity contribution in [2.24, 2.45) is 0 Å². The summed E-state index contributed by atoms with van der Waals surface area (Å²) < 4.78 is 7.23. The number of fused-ring (bicyclic) bond motifs is 1. The van der Waals surface area contributed by atoms with Crippen LogP contribution in [0, 0.1) is 18.3 Å².